The summed E-state index contributed by atoms with van der Waals surface area (Å²) >= 11 is 18.1. The molecule has 0 aliphatic carbocycles. The molecule has 0 saturated heterocycles. The fourth-order valence-electron chi connectivity index (χ4n) is 2.93. The average molecular weight is 571 g/mol. The van der Waals surface area contributed by atoms with Gasteiger partial charge in [0.1, 0.15) is 12.4 Å². The number of ether oxygens (including phenoxy) is 2. The third kappa shape index (κ3) is 7.29. The third-order valence-electron chi connectivity index (χ3n) is 4.75. The Balaban J connectivity index is 1.68. The number of halogens is 3. The van der Waals surface area contributed by atoms with E-state index in [0.29, 0.717) is 16.3 Å². The normalized spacial score (nSPS) is 11.5. The van der Waals surface area contributed by atoms with Crippen LogP contribution in [-0.2, 0) is 20.9 Å². The highest BCUT2D eigenvalue weighted by Gasteiger charge is 2.25. The van der Waals surface area contributed by atoms with Crippen molar-refractivity contribution >= 4 is 64.3 Å². The van der Waals surface area contributed by atoms with Crippen molar-refractivity contribution in [1.29, 1.82) is 0 Å². The molecule has 1 unspecified atom stereocenters. The highest BCUT2D eigenvalue weighted by Crippen LogP contribution is 2.26. The Labute approximate surface area is 226 Å². The zero-order valence-electron chi connectivity index (χ0n) is 19.9. The molecular formula is C22H22Cl3N7O5. The van der Waals surface area contributed by atoms with Crippen LogP contribution in [0.4, 0.5) is 16.3 Å². The minimum atomic E-state index is -1.05. The molecule has 0 radical (unpaired) electrons. The van der Waals surface area contributed by atoms with Crippen molar-refractivity contribution in [1.82, 2.24) is 25.3 Å². The van der Waals surface area contributed by atoms with Crippen LogP contribution in [0.5, 0.6) is 0 Å². The Kier molecular flexibility index (Phi) is 9.64. The summed E-state index contributed by atoms with van der Waals surface area (Å²) in [5.41, 5.74) is 0.573. The summed E-state index contributed by atoms with van der Waals surface area (Å²) in [6, 6.07) is 7.85. The van der Waals surface area contributed by atoms with E-state index in [4.69, 9.17) is 44.3 Å². The van der Waals surface area contributed by atoms with Crippen LogP contribution in [0.3, 0.4) is 0 Å². The number of aromatic nitrogens is 4. The molecule has 0 spiro atoms. The van der Waals surface area contributed by atoms with Crippen LogP contribution in [-0.4, -0.2) is 58.6 Å². The molecule has 2 amide bonds. The van der Waals surface area contributed by atoms with E-state index >= 15 is 0 Å². The molecule has 0 aliphatic rings. The molecule has 1 aromatic carbocycles. The summed E-state index contributed by atoms with van der Waals surface area (Å²) in [6.45, 7) is 1.43. The van der Waals surface area contributed by atoms with Crippen molar-refractivity contribution < 1.29 is 23.9 Å². The van der Waals surface area contributed by atoms with E-state index in [1.807, 2.05) is 0 Å². The Morgan fingerprint density at radius 3 is 2.62 bits per heavy atom. The molecule has 0 bridgehead atoms. The van der Waals surface area contributed by atoms with Gasteiger partial charge in [0, 0.05) is 23.8 Å². The van der Waals surface area contributed by atoms with Crippen molar-refractivity contribution in [3.05, 3.63) is 63.0 Å². The standard InChI is InChI=1S/C22H22Cl3N7O5/c1-12(32-29-18(19(25)30-32)21(34)28-16-7-6-14(23)9-15(16)24)37-22(35)31(3)20-13(5-4-8-27-20)11-36-17(33)10-26-2/h4-9,12,26H,10-11H2,1-3H3,(H,28,34). The lowest BCUT2D eigenvalue weighted by Crippen LogP contribution is -2.31. The first-order valence-corrected chi connectivity index (χ1v) is 11.8. The average Bonchev–Trinajstić information content (AvgIpc) is 3.26. The summed E-state index contributed by atoms with van der Waals surface area (Å²) in [6.07, 6.45) is -0.371. The maximum absolute atomic E-state index is 12.8. The fourth-order valence-corrected chi connectivity index (χ4v) is 3.59. The summed E-state index contributed by atoms with van der Waals surface area (Å²) < 4.78 is 10.6. The molecule has 37 heavy (non-hydrogen) atoms. The maximum atomic E-state index is 12.8. The van der Waals surface area contributed by atoms with E-state index in [2.05, 4.69) is 25.8 Å². The van der Waals surface area contributed by atoms with Gasteiger partial charge in [-0.3, -0.25) is 14.5 Å². The minimum Gasteiger partial charge on any atom is -0.460 e. The first-order valence-electron chi connectivity index (χ1n) is 10.7. The minimum absolute atomic E-state index is 0.0389. The Bertz CT molecular complexity index is 1300. The van der Waals surface area contributed by atoms with Crippen LogP contribution in [0, 0.1) is 0 Å². The zero-order chi connectivity index (χ0) is 27.1. The third-order valence-corrected chi connectivity index (χ3v) is 5.55. The number of carbonyl (C=O) groups excluding carboxylic acids is 3. The molecule has 3 aromatic rings. The largest absolute Gasteiger partial charge is 0.460 e. The van der Waals surface area contributed by atoms with E-state index in [0.717, 1.165) is 9.70 Å². The smallest absolute Gasteiger partial charge is 0.417 e. The SMILES string of the molecule is CNCC(=O)OCc1cccnc1N(C)C(=O)OC(C)n1nc(Cl)c(C(=O)Nc2ccc(Cl)cc2Cl)n1. The van der Waals surface area contributed by atoms with Crippen molar-refractivity contribution in [2.75, 3.05) is 30.9 Å². The van der Waals surface area contributed by atoms with Crippen LogP contribution in [0.25, 0.3) is 0 Å². The van der Waals surface area contributed by atoms with Gasteiger partial charge in [0.15, 0.2) is 10.8 Å². The predicted molar refractivity (Wildman–Crippen MR) is 137 cm³/mol. The van der Waals surface area contributed by atoms with Gasteiger partial charge in [-0.2, -0.15) is 0 Å². The number of hydrogen-bond donors (Lipinski definition) is 2. The van der Waals surface area contributed by atoms with Crippen molar-refractivity contribution in [3.63, 3.8) is 0 Å². The second-order valence-corrected chi connectivity index (χ2v) is 8.66. The molecule has 12 nitrogen and oxygen atoms in total. The first-order chi connectivity index (χ1) is 17.6. The number of rotatable bonds is 9. The molecule has 2 heterocycles. The number of nitrogens with one attached hydrogen (secondary N) is 2. The number of amides is 2. The topological polar surface area (TPSA) is 141 Å². The highest BCUT2D eigenvalue weighted by molar-refractivity contribution is 6.37. The van der Waals surface area contributed by atoms with E-state index in [-0.39, 0.29) is 34.8 Å². The first kappa shape index (κ1) is 28.1. The number of anilines is 2. The molecule has 196 valence electrons. The Morgan fingerprint density at radius 2 is 1.92 bits per heavy atom. The second kappa shape index (κ2) is 12.7. The van der Waals surface area contributed by atoms with Gasteiger partial charge in [0.25, 0.3) is 5.91 Å². The van der Waals surface area contributed by atoms with Crippen LogP contribution >= 0.6 is 34.8 Å². The van der Waals surface area contributed by atoms with Gasteiger partial charge in [-0.1, -0.05) is 40.9 Å². The number of hydrogen-bond acceptors (Lipinski definition) is 9. The van der Waals surface area contributed by atoms with Gasteiger partial charge in [-0.05, 0) is 38.2 Å². The highest BCUT2D eigenvalue weighted by atomic mass is 35.5. The second-order valence-electron chi connectivity index (χ2n) is 7.46. The van der Waals surface area contributed by atoms with Gasteiger partial charge in [-0.25, -0.2) is 9.78 Å². The van der Waals surface area contributed by atoms with E-state index < -0.39 is 24.2 Å². The van der Waals surface area contributed by atoms with E-state index in [9.17, 15) is 14.4 Å². The Morgan fingerprint density at radius 1 is 1.16 bits per heavy atom. The maximum Gasteiger partial charge on any atom is 0.417 e. The van der Waals surface area contributed by atoms with Gasteiger partial charge < -0.3 is 20.1 Å². The molecule has 0 aliphatic heterocycles. The van der Waals surface area contributed by atoms with E-state index in [1.54, 1.807) is 25.2 Å². The summed E-state index contributed by atoms with van der Waals surface area (Å²) in [4.78, 5) is 43.4. The van der Waals surface area contributed by atoms with Gasteiger partial charge >= 0.3 is 12.1 Å². The van der Waals surface area contributed by atoms with Crippen LogP contribution in [0.2, 0.25) is 15.2 Å². The lowest BCUT2D eigenvalue weighted by Gasteiger charge is -2.21. The van der Waals surface area contributed by atoms with Gasteiger partial charge in [0.05, 0.1) is 17.3 Å². The van der Waals surface area contributed by atoms with Crippen LogP contribution in [0.15, 0.2) is 36.5 Å². The molecule has 2 aromatic heterocycles. The molecule has 2 N–H and O–H groups in total. The monoisotopic (exact) mass is 569 g/mol. The Hall–Kier alpha value is -3.45. The number of pyridine rings is 1. The summed E-state index contributed by atoms with van der Waals surface area (Å²) in [5.74, 6) is -0.915. The number of likely N-dealkylation sites (N-methyl/N-ethyl adjacent to an activating group) is 1. The van der Waals surface area contributed by atoms with Gasteiger partial charge in [0.2, 0.25) is 6.23 Å². The molecule has 1 atom stereocenters. The quantitative estimate of drug-likeness (QED) is 0.366. The van der Waals surface area contributed by atoms with Crippen LogP contribution in [0.1, 0.15) is 29.2 Å². The summed E-state index contributed by atoms with van der Waals surface area (Å²) in [7, 11) is 3.06. The van der Waals surface area contributed by atoms with Crippen molar-refractivity contribution in [3.8, 4) is 0 Å². The van der Waals surface area contributed by atoms with Crippen LogP contribution < -0.4 is 15.5 Å². The fraction of sp³-hybridized carbons (Fsp3) is 0.273. The molecular weight excluding hydrogens is 549 g/mol. The number of nitrogens with zero attached hydrogens (tertiary/aromatic N) is 5. The summed E-state index contributed by atoms with van der Waals surface area (Å²) in [5, 5.41) is 13.7. The van der Waals surface area contributed by atoms with Gasteiger partial charge in [-0.15, -0.1) is 15.0 Å². The molecule has 0 fully saturated rings. The van der Waals surface area contributed by atoms with Crippen molar-refractivity contribution in [2.24, 2.45) is 0 Å². The number of carbonyl (C=O) groups is 3. The number of esters is 1. The lowest BCUT2D eigenvalue weighted by atomic mass is 10.2. The molecule has 0 saturated carbocycles. The molecule has 15 heteroatoms. The molecule has 3 rings (SSSR count). The number of benzene rings is 1. The predicted octanol–water partition coefficient (Wildman–Crippen LogP) is 3.94. The van der Waals surface area contributed by atoms with E-state index in [1.165, 1.54) is 32.3 Å². The van der Waals surface area contributed by atoms with Crippen molar-refractivity contribution in [2.45, 2.75) is 19.8 Å². The zero-order valence-corrected chi connectivity index (χ0v) is 22.1. The lowest BCUT2D eigenvalue weighted by molar-refractivity contribution is -0.143.